The second-order valence-corrected chi connectivity index (χ2v) is 8.65. The number of anilines is 2. The highest BCUT2D eigenvalue weighted by molar-refractivity contribution is 6.07. The van der Waals surface area contributed by atoms with Gasteiger partial charge in [0.15, 0.2) is 0 Å². The third-order valence-electron chi connectivity index (χ3n) is 5.10. The highest BCUT2D eigenvalue weighted by Gasteiger charge is 2.15. The van der Waals surface area contributed by atoms with Gasteiger partial charge < -0.3 is 21.9 Å². The SMILES string of the molecule is CC[C@H](N)c1cc(C)cc(-c2cnc(N)c(C(=O)Nc3cccc(C#CC(C)(C)O)c3)c2)c1. The summed E-state index contributed by atoms with van der Waals surface area (Å²) in [5.41, 5.74) is 16.5. The smallest absolute Gasteiger partial charge is 0.259 e. The van der Waals surface area contributed by atoms with E-state index < -0.39 is 5.60 Å². The van der Waals surface area contributed by atoms with Crippen molar-refractivity contribution >= 4 is 17.4 Å². The van der Waals surface area contributed by atoms with E-state index >= 15 is 0 Å². The second-order valence-electron chi connectivity index (χ2n) is 8.65. The Bertz CT molecular complexity index is 1230. The van der Waals surface area contributed by atoms with Crippen molar-refractivity contribution in [3.05, 3.63) is 77.0 Å². The summed E-state index contributed by atoms with van der Waals surface area (Å²) in [4.78, 5) is 17.3. The van der Waals surface area contributed by atoms with Gasteiger partial charge in [0.1, 0.15) is 11.4 Å². The number of hydrogen-bond donors (Lipinski definition) is 4. The van der Waals surface area contributed by atoms with E-state index in [0.29, 0.717) is 11.3 Å². The van der Waals surface area contributed by atoms with Gasteiger partial charge in [-0.15, -0.1) is 0 Å². The third-order valence-corrected chi connectivity index (χ3v) is 5.10. The molecule has 0 aliphatic carbocycles. The average molecular weight is 443 g/mol. The highest BCUT2D eigenvalue weighted by atomic mass is 16.3. The molecule has 170 valence electrons. The summed E-state index contributed by atoms with van der Waals surface area (Å²) in [5.74, 6) is 5.44. The summed E-state index contributed by atoms with van der Waals surface area (Å²) in [6.45, 7) is 7.29. The summed E-state index contributed by atoms with van der Waals surface area (Å²) in [6, 6.07) is 14.9. The number of aryl methyl sites for hydroxylation is 1. The largest absolute Gasteiger partial charge is 0.383 e. The zero-order valence-corrected chi connectivity index (χ0v) is 19.4. The highest BCUT2D eigenvalue weighted by Crippen LogP contribution is 2.27. The van der Waals surface area contributed by atoms with Crippen molar-refractivity contribution in [3.8, 4) is 23.0 Å². The number of nitrogens with zero attached hydrogens (tertiary/aromatic N) is 1. The molecule has 3 rings (SSSR count). The zero-order chi connectivity index (χ0) is 24.2. The summed E-state index contributed by atoms with van der Waals surface area (Å²) in [5, 5.41) is 12.7. The van der Waals surface area contributed by atoms with Crippen LogP contribution in [-0.4, -0.2) is 21.6 Å². The van der Waals surface area contributed by atoms with Crippen LogP contribution in [0.4, 0.5) is 11.5 Å². The molecule has 0 unspecified atom stereocenters. The normalized spacial score (nSPS) is 11.9. The number of hydrogen-bond acceptors (Lipinski definition) is 5. The molecule has 6 heteroatoms. The van der Waals surface area contributed by atoms with E-state index in [-0.39, 0.29) is 23.3 Å². The van der Waals surface area contributed by atoms with Gasteiger partial charge in [0, 0.05) is 29.1 Å². The van der Waals surface area contributed by atoms with Crippen molar-refractivity contribution in [3.63, 3.8) is 0 Å². The Morgan fingerprint density at radius 2 is 1.94 bits per heavy atom. The summed E-state index contributed by atoms with van der Waals surface area (Å²) in [7, 11) is 0. The number of aromatic nitrogens is 1. The van der Waals surface area contributed by atoms with Gasteiger partial charge in [0.2, 0.25) is 0 Å². The number of carbonyl (C=O) groups is 1. The van der Waals surface area contributed by atoms with Gasteiger partial charge in [0.05, 0.1) is 5.56 Å². The molecule has 0 aliphatic heterocycles. The summed E-state index contributed by atoms with van der Waals surface area (Å²) >= 11 is 0. The van der Waals surface area contributed by atoms with E-state index in [1.54, 1.807) is 50.4 Å². The van der Waals surface area contributed by atoms with E-state index in [1.165, 1.54) is 0 Å². The van der Waals surface area contributed by atoms with E-state index in [0.717, 1.165) is 28.7 Å². The number of nitrogen functional groups attached to an aromatic ring is 1. The van der Waals surface area contributed by atoms with Crippen molar-refractivity contribution < 1.29 is 9.90 Å². The first kappa shape index (κ1) is 24.0. The average Bonchev–Trinajstić information content (AvgIpc) is 2.76. The van der Waals surface area contributed by atoms with Crippen molar-refractivity contribution in [1.29, 1.82) is 0 Å². The van der Waals surface area contributed by atoms with Gasteiger partial charge in [-0.2, -0.15) is 0 Å². The van der Waals surface area contributed by atoms with Crippen molar-refractivity contribution in [2.24, 2.45) is 5.73 Å². The second kappa shape index (κ2) is 9.86. The Kier molecular flexibility index (Phi) is 7.17. The summed E-state index contributed by atoms with van der Waals surface area (Å²) < 4.78 is 0. The fraction of sp³-hybridized carbons (Fsp3) is 0.259. The molecule has 6 N–H and O–H groups in total. The first-order chi connectivity index (χ1) is 15.6. The van der Waals surface area contributed by atoms with Gasteiger partial charge in [-0.1, -0.05) is 42.5 Å². The van der Waals surface area contributed by atoms with Crippen LogP contribution in [0.25, 0.3) is 11.1 Å². The maximum atomic E-state index is 13.0. The number of pyridine rings is 1. The molecule has 1 aromatic heterocycles. The molecule has 2 aromatic carbocycles. The van der Waals surface area contributed by atoms with Crippen LogP contribution in [0.15, 0.2) is 54.7 Å². The fourth-order valence-corrected chi connectivity index (χ4v) is 3.34. The predicted molar refractivity (Wildman–Crippen MR) is 134 cm³/mol. The lowest BCUT2D eigenvalue weighted by molar-refractivity contribution is 0.102. The molecule has 0 saturated carbocycles. The van der Waals surface area contributed by atoms with E-state index in [2.05, 4.69) is 28.2 Å². The Balaban J connectivity index is 1.90. The molecule has 1 heterocycles. The first-order valence-corrected chi connectivity index (χ1v) is 10.9. The van der Waals surface area contributed by atoms with E-state index in [4.69, 9.17) is 11.5 Å². The molecule has 0 fully saturated rings. The van der Waals surface area contributed by atoms with Crippen LogP contribution in [0.3, 0.4) is 0 Å². The number of amides is 1. The minimum absolute atomic E-state index is 0.0556. The molecular formula is C27H30N4O2. The van der Waals surface area contributed by atoms with Crippen LogP contribution >= 0.6 is 0 Å². The van der Waals surface area contributed by atoms with E-state index in [9.17, 15) is 9.90 Å². The molecule has 1 amide bonds. The first-order valence-electron chi connectivity index (χ1n) is 10.9. The predicted octanol–water partition coefficient (Wildman–Crippen LogP) is 4.42. The minimum atomic E-state index is -1.10. The number of nitrogens with two attached hydrogens (primary N) is 2. The van der Waals surface area contributed by atoms with Gasteiger partial charge in [0.25, 0.3) is 5.91 Å². The third kappa shape index (κ3) is 6.42. The number of benzene rings is 2. The Morgan fingerprint density at radius 3 is 2.64 bits per heavy atom. The standard InChI is InChI=1S/C27H30N4O2/c1-5-24(28)20-12-17(2)11-19(14-20)21-15-23(25(29)30-16-21)26(32)31-22-8-6-7-18(13-22)9-10-27(3,4)33/h6-8,11-16,24,33H,5,28H2,1-4H3,(H2,29,30)(H,31,32)/t24-/m0/s1. The lowest BCUT2D eigenvalue weighted by atomic mass is 9.96. The van der Waals surface area contributed by atoms with Gasteiger partial charge in [-0.05, 0) is 68.7 Å². The maximum Gasteiger partial charge on any atom is 0.259 e. The lowest BCUT2D eigenvalue weighted by Gasteiger charge is -2.14. The molecule has 0 spiro atoms. The number of nitrogens with one attached hydrogen (secondary N) is 1. The van der Waals surface area contributed by atoms with Crippen LogP contribution in [0.2, 0.25) is 0 Å². The Hall–Kier alpha value is -3.66. The van der Waals surface area contributed by atoms with Crippen LogP contribution in [0.5, 0.6) is 0 Å². The van der Waals surface area contributed by atoms with Crippen LogP contribution < -0.4 is 16.8 Å². The molecule has 3 aromatic rings. The summed E-state index contributed by atoms with van der Waals surface area (Å²) in [6.07, 6.45) is 2.49. The molecule has 33 heavy (non-hydrogen) atoms. The quantitative estimate of drug-likeness (QED) is 0.437. The van der Waals surface area contributed by atoms with E-state index in [1.807, 2.05) is 26.0 Å². The van der Waals surface area contributed by atoms with Crippen LogP contribution in [-0.2, 0) is 0 Å². The van der Waals surface area contributed by atoms with Crippen molar-refractivity contribution in [2.45, 2.75) is 45.8 Å². The Labute approximate surface area is 195 Å². The maximum absolute atomic E-state index is 13.0. The molecule has 6 nitrogen and oxygen atoms in total. The Morgan fingerprint density at radius 1 is 1.18 bits per heavy atom. The van der Waals surface area contributed by atoms with Gasteiger partial charge in [-0.25, -0.2) is 4.98 Å². The fourth-order valence-electron chi connectivity index (χ4n) is 3.34. The lowest BCUT2D eigenvalue weighted by Crippen LogP contribution is -2.15. The molecule has 0 aliphatic rings. The molecule has 0 saturated heterocycles. The van der Waals surface area contributed by atoms with Gasteiger partial charge >= 0.3 is 0 Å². The molecule has 0 bridgehead atoms. The number of carbonyl (C=O) groups excluding carboxylic acids is 1. The van der Waals surface area contributed by atoms with Crippen molar-refractivity contribution in [2.75, 3.05) is 11.1 Å². The van der Waals surface area contributed by atoms with Crippen LogP contribution in [0.1, 0.15) is 60.3 Å². The zero-order valence-electron chi connectivity index (χ0n) is 19.4. The number of aliphatic hydroxyl groups is 1. The van der Waals surface area contributed by atoms with Crippen molar-refractivity contribution in [1.82, 2.24) is 4.98 Å². The molecular weight excluding hydrogens is 412 g/mol. The number of rotatable bonds is 5. The van der Waals surface area contributed by atoms with Gasteiger partial charge in [-0.3, -0.25) is 4.79 Å². The topological polar surface area (TPSA) is 114 Å². The van der Waals surface area contributed by atoms with Crippen LogP contribution in [0, 0.1) is 18.8 Å². The minimum Gasteiger partial charge on any atom is -0.383 e. The monoisotopic (exact) mass is 442 g/mol. The molecule has 1 atom stereocenters. The molecule has 0 radical (unpaired) electrons.